The van der Waals surface area contributed by atoms with E-state index >= 15 is 4.39 Å². The number of fused-ring (bicyclic) bond motifs is 3. The zero-order valence-corrected chi connectivity index (χ0v) is 26.2. The van der Waals surface area contributed by atoms with E-state index in [-0.39, 0.29) is 48.3 Å². The van der Waals surface area contributed by atoms with E-state index in [4.69, 9.17) is 27.9 Å². The van der Waals surface area contributed by atoms with Crippen molar-refractivity contribution in [2.24, 2.45) is 11.8 Å². The summed E-state index contributed by atoms with van der Waals surface area (Å²) >= 11 is 12.7. The van der Waals surface area contributed by atoms with Gasteiger partial charge in [0.05, 0.1) is 29.4 Å². The molecule has 7 rings (SSSR count). The van der Waals surface area contributed by atoms with Gasteiger partial charge in [0.1, 0.15) is 17.0 Å². The molecule has 47 heavy (non-hydrogen) atoms. The first-order valence-electron chi connectivity index (χ1n) is 15.0. The summed E-state index contributed by atoms with van der Waals surface area (Å²) in [6.07, 6.45) is 2.14. The number of methoxy groups -OCH3 is 1. The van der Waals surface area contributed by atoms with Crippen LogP contribution in [-0.4, -0.2) is 53.8 Å². The van der Waals surface area contributed by atoms with Gasteiger partial charge in [-0.2, -0.15) is 0 Å². The van der Waals surface area contributed by atoms with Crippen molar-refractivity contribution in [1.82, 2.24) is 4.90 Å². The number of amides is 2. The molecule has 0 aromatic heterocycles. The zero-order chi connectivity index (χ0) is 32.5. The van der Waals surface area contributed by atoms with Crippen LogP contribution in [0.5, 0.6) is 0 Å². The number of hydrogen-bond donors (Lipinski definition) is 1. The van der Waals surface area contributed by atoms with Gasteiger partial charge in [0.15, 0.2) is 0 Å². The molecule has 3 aromatic rings. The molecule has 2 amide bonds. The quantitative estimate of drug-likeness (QED) is 0.172. The summed E-state index contributed by atoms with van der Waals surface area (Å²) in [6, 6.07) is 13.5. The smallest absolute Gasteiger partial charge is 0.309 e. The number of esters is 1. The van der Waals surface area contributed by atoms with Crippen molar-refractivity contribution >= 4 is 58.0 Å². The van der Waals surface area contributed by atoms with Crippen molar-refractivity contribution in [2.75, 3.05) is 30.4 Å². The monoisotopic (exact) mass is 682 g/mol. The first-order valence-corrected chi connectivity index (χ1v) is 15.8. The molecule has 3 fully saturated rings. The maximum Gasteiger partial charge on any atom is 0.309 e. The molecule has 1 aliphatic carbocycles. The van der Waals surface area contributed by atoms with E-state index in [0.717, 1.165) is 12.8 Å². The number of carbonyl (C=O) groups is 3. The van der Waals surface area contributed by atoms with Crippen LogP contribution in [0, 0.1) is 27.8 Å². The number of carbonyl (C=O) groups excluding carboxylic acids is 3. The molecule has 3 aromatic carbocycles. The van der Waals surface area contributed by atoms with E-state index in [1.54, 1.807) is 36.4 Å². The third-order valence-electron chi connectivity index (χ3n) is 9.84. The molecule has 4 aliphatic rings. The number of likely N-dealkylation sites (tertiary alicyclic amines) is 1. The second kappa shape index (κ2) is 12.2. The van der Waals surface area contributed by atoms with Gasteiger partial charge in [0.25, 0.3) is 5.69 Å². The Hall–Kier alpha value is -4.06. The summed E-state index contributed by atoms with van der Waals surface area (Å²) in [5.74, 6) is -3.81. The number of nitro benzene ring substituents is 1. The number of anilines is 2. The Bertz CT molecular complexity index is 1820. The molecule has 4 atom stereocenters. The molecular formula is C34H33Cl2FN4O6. The predicted molar refractivity (Wildman–Crippen MR) is 175 cm³/mol. The van der Waals surface area contributed by atoms with Crippen molar-refractivity contribution in [2.45, 2.75) is 50.6 Å². The van der Waals surface area contributed by atoms with Gasteiger partial charge in [-0.05, 0) is 60.6 Å². The number of nitro groups is 1. The van der Waals surface area contributed by atoms with Gasteiger partial charge < -0.3 is 15.0 Å². The van der Waals surface area contributed by atoms with Crippen LogP contribution in [0.15, 0.2) is 54.6 Å². The lowest BCUT2D eigenvalue weighted by Crippen LogP contribution is -2.54. The number of halogens is 3. The van der Waals surface area contributed by atoms with Crippen LogP contribution in [0.25, 0.3) is 0 Å². The number of rotatable bonds is 7. The molecule has 0 unspecified atom stereocenters. The van der Waals surface area contributed by atoms with Gasteiger partial charge >= 0.3 is 5.97 Å². The lowest BCUT2D eigenvalue weighted by atomic mass is 9.70. The Balaban J connectivity index is 0.00000386. The predicted octanol–water partition coefficient (Wildman–Crippen LogP) is 6.47. The number of nitrogens with zero attached hydrogens (tertiary/aromatic N) is 3. The molecule has 3 aliphatic heterocycles. The van der Waals surface area contributed by atoms with Crippen molar-refractivity contribution in [3.05, 3.63) is 97.3 Å². The summed E-state index contributed by atoms with van der Waals surface area (Å²) in [6.45, 7) is 0.652. The van der Waals surface area contributed by atoms with E-state index in [0.29, 0.717) is 40.7 Å². The fourth-order valence-corrected chi connectivity index (χ4v) is 8.12. The SMILES string of the molecule is C.COC(=O)Cc1ccc(N2CC[C@H]3[C@@H](C2=O)[C@H](c2cccc(Cl)c2F)[C@]2(C(=O)Nc4cc(Cl)ccc42)N3CC2CC2)c([N+](=O)[O-])c1. The van der Waals surface area contributed by atoms with E-state index in [1.165, 1.54) is 30.2 Å². The third-order valence-corrected chi connectivity index (χ3v) is 10.4. The Morgan fingerprint density at radius 3 is 2.60 bits per heavy atom. The maximum absolute atomic E-state index is 16.2. The zero-order valence-electron chi connectivity index (χ0n) is 24.7. The van der Waals surface area contributed by atoms with Gasteiger partial charge in [-0.1, -0.05) is 54.9 Å². The number of piperidine rings is 1. The van der Waals surface area contributed by atoms with Gasteiger partial charge in [-0.15, -0.1) is 0 Å². The number of nitrogens with one attached hydrogen (secondary N) is 1. The molecule has 1 saturated carbocycles. The van der Waals surface area contributed by atoms with Crippen molar-refractivity contribution in [3.8, 4) is 0 Å². The fraction of sp³-hybridized carbons (Fsp3) is 0.382. The van der Waals surface area contributed by atoms with Crippen LogP contribution in [0.3, 0.4) is 0 Å². The molecular weight excluding hydrogens is 650 g/mol. The van der Waals surface area contributed by atoms with Crippen LogP contribution in [-0.2, 0) is 31.1 Å². The van der Waals surface area contributed by atoms with Gasteiger partial charge in [-0.3, -0.25) is 29.4 Å². The summed E-state index contributed by atoms with van der Waals surface area (Å²) in [4.78, 5) is 56.3. The first kappa shape index (κ1) is 32.9. The van der Waals surface area contributed by atoms with Gasteiger partial charge in [0, 0.05) is 47.4 Å². The second-order valence-corrected chi connectivity index (χ2v) is 13.2. The lowest BCUT2D eigenvalue weighted by Gasteiger charge is -2.40. The van der Waals surface area contributed by atoms with Crippen LogP contribution in [0.2, 0.25) is 10.0 Å². The highest BCUT2D eigenvalue weighted by Crippen LogP contribution is 2.62. The summed E-state index contributed by atoms with van der Waals surface area (Å²) in [5.41, 5.74) is -0.186. The molecule has 3 heterocycles. The average molecular weight is 684 g/mol. The normalized spacial score (nSPS) is 24.9. The highest BCUT2D eigenvalue weighted by Gasteiger charge is 2.70. The molecule has 246 valence electrons. The Kier molecular flexibility index (Phi) is 8.52. The highest BCUT2D eigenvalue weighted by molar-refractivity contribution is 6.31. The Labute approximate surface area is 280 Å². The average Bonchev–Trinajstić information content (AvgIpc) is 3.74. The summed E-state index contributed by atoms with van der Waals surface area (Å²) < 4.78 is 20.9. The second-order valence-electron chi connectivity index (χ2n) is 12.3. The van der Waals surface area contributed by atoms with Crippen LogP contribution in [0.4, 0.5) is 21.5 Å². The van der Waals surface area contributed by atoms with Crippen LogP contribution in [0.1, 0.15) is 49.3 Å². The standard InChI is InChI=1S/C33H29Cl2FN4O6.CH4/c1-46-27(41)14-18-7-10-24(26(13-18)40(44)45)38-12-11-25-28(31(38)42)29(20-3-2-4-22(35)30(20)36)33(39(25)16-17-5-6-17)21-9-8-19(34)15-23(21)37-32(33)43;/h2-4,7-10,13,15,17,25,28-29H,5-6,11-12,14,16H2,1H3,(H,37,43);1H4/t25-,28+,29-,33+;/m0./s1. The summed E-state index contributed by atoms with van der Waals surface area (Å²) in [7, 11) is 1.23. The Morgan fingerprint density at radius 1 is 1.13 bits per heavy atom. The first-order chi connectivity index (χ1) is 22.1. The number of benzene rings is 3. The molecule has 13 heteroatoms. The molecule has 1 N–H and O–H groups in total. The van der Waals surface area contributed by atoms with Crippen molar-refractivity contribution < 1.29 is 28.4 Å². The molecule has 10 nitrogen and oxygen atoms in total. The number of hydrogen-bond acceptors (Lipinski definition) is 7. The summed E-state index contributed by atoms with van der Waals surface area (Å²) in [5, 5.41) is 15.5. The van der Waals surface area contributed by atoms with Crippen molar-refractivity contribution in [3.63, 3.8) is 0 Å². The topological polar surface area (TPSA) is 122 Å². The van der Waals surface area contributed by atoms with Crippen molar-refractivity contribution in [1.29, 1.82) is 0 Å². The largest absolute Gasteiger partial charge is 0.469 e. The van der Waals surface area contributed by atoms with Gasteiger partial charge in [-0.25, -0.2) is 4.39 Å². The lowest BCUT2D eigenvalue weighted by molar-refractivity contribution is -0.384. The molecule has 0 radical (unpaired) electrons. The minimum Gasteiger partial charge on any atom is -0.469 e. The molecule has 1 spiro atoms. The fourth-order valence-electron chi connectivity index (χ4n) is 7.76. The van der Waals surface area contributed by atoms with E-state index < -0.39 is 46.0 Å². The van der Waals surface area contributed by atoms with Crippen LogP contribution < -0.4 is 10.2 Å². The van der Waals surface area contributed by atoms with Crippen LogP contribution >= 0.6 is 23.2 Å². The maximum atomic E-state index is 16.2. The minimum atomic E-state index is -1.47. The molecule has 0 bridgehead atoms. The number of ether oxygens (including phenoxy) is 1. The van der Waals surface area contributed by atoms with E-state index in [9.17, 15) is 24.5 Å². The Morgan fingerprint density at radius 2 is 1.89 bits per heavy atom. The third kappa shape index (κ3) is 5.15. The van der Waals surface area contributed by atoms with E-state index in [1.807, 2.05) is 0 Å². The minimum absolute atomic E-state index is 0. The van der Waals surface area contributed by atoms with Gasteiger partial charge in [0.2, 0.25) is 11.8 Å². The molecule has 2 saturated heterocycles. The highest BCUT2D eigenvalue weighted by atomic mass is 35.5. The van der Waals surface area contributed by atoms with E-state index in [2.05, 4.69) is 10.2 Å².